The molecule has 0 aliphatic carbocycles. The number of rotatable bonds is 4. The average molecular weight is 283 g/mol. The van der Waals surface area contributed by atoms with Crippen LogP contribution in [0.1, 0.15) is 17.4 Å². The van der Waals surface area contributed by atoms with Gasteiger partial charge in [-0.2, -0.15) is 10.3 Å². The van der Waals surface area contributed by atoms with E-state index in [2.05, 4.69) is 25.4 Å². The molecule has 0 fully saturated rings. The molecule has 0 saturated heterocycles. The Morgan fingerprint density at radius 1 is 1.24 bits per heavy atom. The quantitative estimate of drug-likeness (QED) is 0.714. The lowest BCUT2D eigenvalue weighted by Gasteiger charge is -2.06. The fourth-order valence-electron chi connectivity index (χ4n) is 2.07. The molecule has 2 N–H and O–H groups in total. The van der Waals surface area contributed by atoms with Crippen molar-refractivity contribution in [1.82, 2.24) is 25.4 Å². The molecule has 7 nitrogen and oxygen atoms in total. The van der Waals surface area contributed by atoms with Gasteiger partial charge in [0.05, 0.1) is 6.61 Å². The standard InChI is InChI=1S/C14H13N5O2/c1-2-21-14(20)12-11(17-19-18-12)9-5-3-4-6-10(9)13-15-7-8-16-13/h3-8H,2H2,1H3,(H,15,16)(H,17,18,19). The summed E-state index contributed by atoms with van der Waals surface area (Å²) in [6.07, 6.45) is 3.41. The SMILES string of the molecule is CCOC(=O)c1n[nH]nc1-c1ccccc1-c1ncc[nH]1. The van der Waals surface area contributed by atoms with Crippen molar-refractivity contribution >= 4 is 5.97 Å². The molecule has 0 atom stereocenters. The topological polar surface area (TPSA) is 96.6 Å². The summed E-state index contributed by atoms with van der Waals surface area (Å²) in [5.41, 5.74) is 2.20. The van der Waals surface area contributed by atoms with Crippen LogP contribution in [0.25, 0.3) is 22.6 Å². The molecule has 0 spiro atoms. The molecule has 21 heavy (non-hydrogen) atoms. The number of H-pyrrole nitrogens is 2. The Morgan fingerprint density at radius 2 is 2.05 bits per heavy atom. The highest BCUT2D eigenvalue weighted by Gasteiger charge is 2.21. The first kappa shape index (κ1) is 13.0. The molecule has 0 unspecified atom stereocenters. The number of imidazole rings is 1. The number of hydrogen-bond donors (Lipinski definition) is 2. The third-order valence-electron chi connectivity index (χ3n) is 2.95. The molecule has 3 rings (SSSR count). The van der Waals surface area contributed by atoms with E-state index in [0.717, 1.165) is 11.1 Å². The Morgan fingerprint density at radius 3 is 2.76 bits per heavy atom. The molecule has 1 aromatic carbocycles. The van der Waals surface area contributed by atoms with Crippen molar-refractivity contribution in [3.8, 4) is 22.6 Å². The van der Waals surface area contributed by atoms with Gasteiger partial charge in [-0.1, -0.05) is 24.3 Å². The number of carbonyl (C=O) groups is 1. The van der Waals surface area contributed by atoms with E-state index in [-0.39, 0.29) is 12.3 Å². The molecule has 0 bridgehead atoms. The van der Waals surface area contributed by atoms with Crippen molar-refractivity contribution in [2.24, 2.45) is 0 Å². The van der Waals surface area contributed by atoms with Gasteiger partial charge in [-0.05, 0) is 6.92 Å². The minimum absolute atomic E-state index is 0.163. The zero-order valence-corrected chi connectivity index (χ0v) is 11.3. The summed E-state index contributed by atoms with van der Waals surface area (Å²) in [7, 11) is 0. The van der Waals surface area contributed by atoms with Gasteiger partial charge in [0.1, 0.15) is 11.5 Å². The summed E-state index contributed by atoms with van der Waals surface area (Å²) in [4.78, 5) is 19.2. The Balaban J connectivity index is 2.10. The molecule has 0 saturated carbocycles. The summed E-state index contributed by atoms with van der Waals surface area (Å²) in [6, 6.07) is 7.52. The molecule has 2 heterocycles. The van der Waals surface area contributed by atoms with Gasteiger partial charge in [-0.15, -0.1) is 5.10 Å². The van der Waals surface area contributed by atoms with Crippen LogP contribution >= 0.6 is 0 Å². The van der Waals surface area contributed by atoms with Crippen molar-refractivity contribution in [3.05, 3.63) is 42.4 Å². The fourth-order valence-corrected chi connectivity index (χ4v) is 2.07. The average Bonchev–Trinajstić information content (AvgIpc) is 3.19. The third kappa shape index (κ3) is 2.40. The maximum Gasteiger partial charge on any atom is 0.361 e. The lowest BCUT2D eigenvalue weighted by atomic mass is 10.0. The highest BCUT2D eigenvalue weighted by molar-refractivity contribution is 5.96. The second-order valence-corrected chi connectivity index (χ2v) is 4.22. The van der Waals surface area contributed by atoms with E-state index in [9.17, 15) is 4.79 Å². The van der Waals surface area contributed by atoms with E-state index < -0.39 is 5.97 Å². The van der Waals surface area contributed by atoms with E-state index in [1.54, 1.807) is 19.3 Å². The summed E-state index contributed by atoms with van der Waals surface area (Å²) >= 11 is 0. The van der Waals surface area contributed by atoms with Crippen LogP contribution in [0, 0.1) is 0 Å². The first-order valence-corrected chi connectivity index (χ1v) is 6.48. The number of nitrogens with zero attached hydrogens (tertiary/aromatic N) is 3. The molecular formula is C14H13N5O2. The fraction of sp³-hybridized carbons (Fsp3) is 0.143. The Hall–Kier alpha value is -2.96. The number of ether oxygens (including phenoxy) is 1. The molecule has 0 aliphatic heterocycles. The Bertz CT molecular complexity index is 748. The normalized spacial score (nSPS) is 10.5. The zero-order valence-electron chi connectivity index (χ0n) is 11.3. The smallest absolute Gasteiger partial charge is 0.361 e. The number of benzene rings is 1. The van der Waals surface area contributed by atoms with Crippen LogP contribution in [0.15, 0.2) is 36.7 Å². The van der Waals surface area contributed by atoms with Crippen molar-refractivity contribution < 1.29 is 9.53 Å². The number of carbonyl (C=O) groups excluding carboxylic acids is 1. The summed E-state index contributed by atoms with van der Waals surface area (Å²) in [5, 5.41) is 10.5. The van der Waals surface area contributed by atoms with Crippen LogP contribution in [0.3, 0.4) is 0 Å². The first-order valence-electron chi connectivity index (χ1n) is 6.48. The van der Waals surface area contributed by atoms with Gasteiger partial charge in [0.15, 0.2) is 5.69 Å². The summed E-state index contributed by atoms with van der Waals surface area (Å²) in [5.74, 6) is 0.193. The molecule has 2 aromatic heterocycles. The lowest BCUT2D eigenvalue weighted by molar-refractivity contribution is 0.0520. The summed E-state index contributed by atoms with van der Waals surface area (Å²) in [6.45, 7) is 2.03. The molecule has 7 heteroatoms. The molecule has 106 valence electrons. The van der Waals surface area contributed by atoms with E-state index >= 15 is 0 Å². The monoisotopic (exact) mass is 283 g/mol. The third-order valence-corrected chi connectivity index (χ3v) is 2.95. The maximum atomic E-state index is 11.9. The number of aromatic nitrogens is 5. The van der Waals surface area contributed by atoms with E-state index in [4.69, 9.17) is 4.74 Å². The van der Waals surface area contributed by atoms with Crippen molar-refractivity contribution in [1.29, 1.82) is 0 Å². The van der Waals surface area contributed by atoms with Crippen molar-refractivity contribution in [2.45, 2.75) is 6.92 Å². The van der Waals surface area contributed by atoms with Crippen LogP contribution in [-0.2, 0) is 4.74 Å². The van der Waals surface area contributed by atoms with E-state index in [1.807, 2.05) is 24.3 Å². The van der Waals surface area contributed by atoms with E-state index in [1.165, 1.54) is 0 Å². The molecule has 3 aromatic rings. The van der Waals surface area contributed by atoms with Crippen LogP contribution in [0.4, 0.5) is 0 Å². The van der Waals surface area contributed by atoms with Crippen LogP contribution in [0.5, 0.6) is 0 Å². The Kier molecular flexibility index (Phi) is 3.46. The number of nitrogens with one attached hydrogen (secondary N) is 2. The van der Waals surface area contributed by atoms with Gasteiger partial charge in [-0.25, -0.2) is 9.78 Å². The highest BCUT2D eigenvalue weighted by atomic mass is 16.5. The molecule has 0 aliphatic rings. The Labute approximate surface area is 120 Å². The van der Waals surface area contributed by atoms with Gasteiger partial charge in [0.2, 0.25) is 0 Å². The molecule has 0 radical (unpaired) electrons. The second-order valence-electron chi connectivity index (χ2n) is 4.22. The largest absolute Gasteiger partial charge is 0.461 e. The first-order chi connectivity index (χ1) is 10.3. The maximum absolute atomic E-state index is 11.9. The van der Waals surface area contributed by atoms with Crippen LogP contribution in [-0.4, -0.2) is 38.0 Å². The van der Waals surface area contributed by atoms with Gasteiger partial charge >= 0.3 is 5.97 Å². The predicted octanol–water partition coefficient (Wildman–Crippen LogP) is 2.04. The molecular weight excluding hydrogens is 270 g/mol. The lowest BCUT2D eigenvalue weighted by Crippen LogP contribution is -2.07. The number of aromatic amines is 2. The minimum Gasteiger partial charge on any atom is -0.461 e. The molecule has 0 amide bonds. The van der Waals surface area contributed by atoms with Gasteiger partial charge in [-0.3, -0.25) is 0 Å². The van der Waals surface area contributed by atoms with E-state index in [0.29, 0.717) is 11.5 Å². The zero-order chi connectivity index (χ0) is 14.7. The van der Waals surface area contributed by atoms with Crippen molar-refractivity contribution in [2.75, 3.05) is 6.61 Å². The van der Waals surface area contributed by atoms with Crippen LogP contribution < -0.4 is 0 Å². The predicted molar refractivity (Wildman–Crippen MR) is 75.4 cm³/mol. The highest BCUT2D eigenvalue weighted by Crippen LogP contribution is 2.30. The van der Waals surface area contributed by atoms with Gasteiger partial charge in [0.25, 0.3) is 0 Å². The van der Waals surface area contributed by atoms with Crippen molar-refractivity contribution in [3.63, 3.8) is 0 Å². The van der Waals surface area contributed by atoms with Gasteiger partial charge < -0.3 is 9.72 Å². The number of esters is 1. The minimum atomic E-state index is -0.504. The van der Waals surface area contributed by atoms with Gasteiger partial charge in [0, 0.05) is 23.5 Å². The summed E-state index contributed by atoms with van der Waals surface area (Å²) < 4.78 is 4.99. The number of hydrogen-bond acceptors (Lipinski definition) is 5. The second kappa shape index (κ2) is 5.58. The van der Waals surface area contributed by atoms with Crippen LogP contribution in [0.2, 0.25) is 0 Å².